The maximum Gasteiger partial charge on any atom is 0.182 e. The highest BCUT2D eigenvalue weighted by Crippen LogP contribution is 2.41. The molecule has 0 N–H and O–H groups in total. The highest BCUT2D eigenvalue weighted by Gasteiger charge is 2.45. The molecule has 1 aliphatic heterocycles. The molecule has 2 aromatic rings. The molecule has 0 aromatic carbocycles. The van der Waals surface area contributed by atoms with Gasteiger partial charge in [0.1, 0.15) is 10.8 Å². The summed E-state index contributed by atoms with van der Waals surface area (Å²) in [6.45, 7) is 3.45. The number of pyridine rings is 1. The summed E-state index contributed by atoms with van der Waals surface area (Å²) in [5.41, 5.74) is -0.186. The second kappa shape index (κ2) is 4.92. The third-order valence-corrected chi connectivity index (χ3v) is 4.71. The Balaban J connectivity index is 1.41. The SMILES string of the molecule is FC1(CN2CC[C@@H](Cn3cc4ccc(Cl)nc4n3)C2)CC1. The maximum atomic E-state index is 13.8. The molecule has 1 saturated carbocycles. The van der Waals surface area contributed by atoms with Crippen LogP contribution in [0.25, 0.3) is 11.0 Å². The zero-order valence-electron chi connectivity index (χ0n) is 11.8. The number of hydrogen-bond acceptors (Lipinski definition) is 3. The van der Waals surface area contributed by atoms with E-state index in [9.17, 15) is 4.39 Å². The van der Waals surface area contributed by atoms with E-state index in [-0.39, 0.29) is 0 Å². The Labute approximate surface area is 127 Å². The second-order valence-electron chi connectivity index (χ2n) is 6.44. The number of hydrogen-bond donors (Lipinski definition) is 0. The lowest BCUT2D eigenvalue weighted by Crippen LogP contribution is -2.30. The molecular formula is C15H18ClFN4. The van der Waals surface area contributed by atoms with Gasteiger partial charge in [0, 0.05) is 31.2 Å². The Morgan fingerprint density at radius 3 is 3.05 bits per heavy atom. The van der Waals surface area contributed by atoms with E-state index in [1.165, 1.54) is 0 Å². The number of halogens is 2. The van der Waals surface area contributed by atoms with Crippen molar-refractivity contribution in [3.8, 4) is 0 Å². The van der Waals surface area contributed by atoms with E-state index < -0.39 is 5.67 Å². The van der Waals surface area contributed by atoms with Gasteiger partial charge in [-0.3, -0.25) is 9.58 Å². The van der Waals surface area contributed by atoms with E-state index in [4.69, 9.17) is 11.6 Å². The summed E-state index contributed by atoms with van der Waals surface area (Å²) in [6.07, 6.45) is 4.61. The van der Waals surface area contributed by atoms with Crippen molar-refractivity contribution in [1.82, 2.24) is 19.7 Å². The molecular weight excluding hydrogens is 291 g/mol. The van der Waals surface area contributed by atoms with Gasteiger partial charge in [-0.05, 0) is 43.9 Å². The summed E-state index contributed by atoms with van der Waals surface area (Å²) in [7, 11) is 0. The lowest BCUT2D eigenvalue weighted by atomic mass is 10.1. The van der Waals surface area contributed by atoms with Crippen molar-refractivity contribution in [3.05, 3.63) is 23.5 Å². The van der Waals surface area contributed by atoms with Gasteiger partial charge in [0.05, 0.1) is 0 Å². The van der Waals surface area contributed by atoms with Crippen LogP contribution < -0.4 is 0 Å². The fourth-order valence-electron chi connectivity index (χ4n) is 3.19. The van der Waals surface area contributed by atoms with Gasteiger partial charge < -0.3 is 0 Å². The summed E-state index contributed by atoms with van der Waals surface area (Å²) in [5, 5.41) is 5.96. The normalized spacial score (nSPS) is 24.8. The van der Waals surface area contributed by atoms with Crippen LogP contribution >= 0.6 is 11.6 Å². The van der Waals surface area contributed by atoms with Crippen LogP contribution in [0.15, 0.2) is 18.3 Å². The molecule has 0 bridgehead atoms. The third-order valence-electron chi connectivity index (χ3n) is 4.50. The molecule has 0 spiro atoms. The molecule has 2 aromatic heterocycles. The lowest BCUT2D eigenvalue weighted by Gasteiger charge is -2.18. The fourth-order valence-corrected chi connectivity index (χ4v) is 3.33. The smallest absolute Gasteiger partial charge is 0.182 e. The van der Waals surface area contributed by atoms with Gasteiger partial charge in [0.25, 0.3) is 0 Å². The van der Waals surface area contributed by atoms with Crippen molar-refractivity contribution in [1.29, 1.82) is 0 Å². The second-order valence-corrected chi connectivity index (χ2v) is 6.83. The van der Waals surface area contributed by atoms with Crippen LogP contribution in [0, 0.1) is 5.92 Å². The molecule has 0 amide bonds. The largest absolute Gasteiger partial charge is 0.300 e. The van der Waals surface area contributed by atoms with Gasteiger partial charge in [-0.2, -0.15) is 5.10 Å². The summed E-state index contributed by atoms with van der Waals surface area (Å²) >= 11 is 5.88. The molecule has 3 heterocycles. The Morgan fingerprint density at radius 2 is 2.24 bits per heavy atom. The van der Waals surface area contributed by atoms with Crippen LogP contribution in [0.5, 0.6) is 0 Å². The quantitative estimate of drug-likeness (QED) is 0.814. The molecule has 1 aliphatic carbocycles. The first-order valence-electron chi connectivity index (χ1n) is 7.51. The van der Waals surface area contributed by atoms with Crippen molar-refractivity contribution in [2.75, 3.05) is 19.6 Å². The zero-order chi connectivity index (χ0) is 14.4. The van der Waals surface area contributed by atoms with Gasteiger partial charge in [0.2, 0.25) is 0 Å². The van der Waals surface area contributed by atoms with Crippen LogP contribution in [-0.4, -0.2) is 45.0 Å². The van der Waals surface area contributed by atoms with E-state index in [1.54, 1.807) is 6.07 Å². The number of nitrogens with zero attached hydrogens (tertiary/aromatic N) is 4. The molecule has 2 aliphatic rings. The zero-order valence-corrected chi connectivity index (χ0v) is 12.6. The predicted molar refractivity (Wildman–Crippen MR) is 80.2 cm³/mol. The van der Waals surface area contributed by atoms with Gasteiger partial charge in [0.15, 0.2) is 5.65 Å². The minimum Gasteiger partial charge on any atom is -0.300 e. The van der Waals surface area contributed by atoms with Gasteiger partial charge >= 0.3 is 0 Å². The number of rotatable bonds is 4. The van der Waals surface area contributed by atoms with E-state index >= 15 is 0 Å². The average molecular weight is 309 g/mol. The monoisotopic (exact) mass is 308 g/mol. The van der Waals surface area contributed by atoms with Crippen LogP contribution in [0.3, 0.4) is 0 Å². The summed E-state index contributed by atoms with van der Waals surface area (Å²) < 4.78 is 15.8. The molecule has 4 rings (SSSR count). The third kappa shape index (κ3) is 2.90. The first kappa shape index (κ1) is 13.5. The van der Waals surface area contributed by atoms with Crippen LogP contribution in [-0.2, 0) is 6.54 Å². The van der Waals surface area contributed by atoms with Gasteiger partial charge in [-0.15, -0.1) is 0 Å². The Kier molecular flexibility index (Phi) is 3.15. The number of fused-ring (bicyclic) bond motifs is 1. The molecule has 1 saturated heterocycles. The molecule has 6 heteroatoms. The fraction of sp³-hybridized carbons (Fsp3) is 0.600. The van der Waals surface area contributed by atoms with Crippen LogP contribution in [0.1, 0.15) is 19.3 Å². The molecule has 4 nitrogen and oxygen atoms in total. The van der Waals surface area contributed by atoms with Crippen LogP contribution in [0.2, 0.25) is 5.15 Å². The molecule has 0 radical (unpaired) electrons. The minimum atomic E-state index is -0.879. The van der Waals surface area contributed by atoms with Crippen molar-refractivity contribution in [2.24, 2.45) is 5.92 Å². The van der Waals surface area contributed by atoms with Gasteiger partial charge in [-0.25, -0.2) is 9.37 Å². The first-order chi connectivity index (χ1) is 10.1. The van der Waals surface area contributed by atoms with E-state index in [1.807, 2.05) is 16.9 Å². The maximum absolute atomic E-state index is 13.8. The van der Waals surface area contributed by atoms with Crippen molar-refractivity contribution in [2.45, 2.75) is 31.5 Å². The summed E-state index contributed by atoms with van der Waals surface area (Å²) in [4.78, 5) is 6.48. The average Bonchev–Trinajstić information content (AvgIpc) is 2.85. The highest BCUT2D eigenvalue weighted by molar-refractivity contribution is 6.29. The van der Waals surface area contributed by atoms with Crippen molar-refractivity contribution >= 4 is 22.6 Å². The number of aromatic nitrogens is 3. The number of alkyl halides is 1. The van der Waals surface area contributed by atoms with Gasteiger partial charge in [-0.1, -0.05) is 11.6 Å². The predicted octanol–water partition coefficient (Wildman–Crippen LogP) is 2.91. The Hall–Kier alpha value is -1.20. The molecule has 2 fully saturated rings. The van der Waals surface area contributed by atoms with E-state index in [0.717, 1.165) is 44.3 Å². The Morgan fingerprint density at radius 1 is 1.38 bits per heavy atom. The van der Waals surface area contributed by atoms with Crippen molar-refractivity contribution in [3.63, 3.8) is 0 Å². The Bertz CT molecular complexity index is 667. The lowest BCUT2D eigenvalue weighted by molar-refractivity contribution is 0.196. The minimum absolute atomic E-state index is 0.470. The van der Waals surface area contributed by atoms with Crippen molar-refractivity contribution < 1.29 is 4.39 Å². The molecule has 112 valence electrons. The van der Waals surface area contributed by atoms with E-state index in [2.05, 4.69) is 15.0 Å². The van der Waals surface area contributed by atoms with Crippen LogP contribution in [0.4, 0.5) is 4.39 Å². The highest BCUT2D eigenvalue weighted by atomic mass is 35.5. The topological polar surface area (TPSA) is 34.0 Å². The molecule has 1 atom stereocenters. The summed E-state index contributed by atoms with van der Waals surface area (Å²) in [5.74, 6) is 0.539. The first-order valence-corrected chi connectivity index (χ1v) is 7.88. The number of likely N-dealkylation sites (tertiary alicyclic amines) is 1. The van der Waals surface area contributed by atoms with E-state index in [0.29, 0.717) is 23.3 Å². The standard InChI is InChI=1S/C15H18ClFN4/c16-13-2-1-12-9-21(19-14(12)18-13)8-11-3-6-20(7-11)10-15(17)4-5-15/h1-2,9,11H,3-8,10H2/t11-/m1/s1. The summed E-state index contributed by atoms with van der Waals surface area (Å²) in [6, 6.07) is 3.72. The molecule has 0 unspecified atom stereocenters. The molecule has 21 heavy (non-hydrogen) atoms.